The number of nitrogens with one attached hydrogen (secondary N) is 2. The normalized spacial score (nSPS) is 11.7. The molecule has 2 N–H and O–H groups in total. The molecule has 1 aromatic carbocycles. The van der Waals surface area contributed by atoms with Crippen molar-refractivity contribution in [2.75, 3.05) is 5.32 Å². The van der Waals surface area contributed by atoms with Gasteiger partial charge in [0.2, 0.25) is 6.41 Å². The maximum absolute atomic E-state index is 10.6. The fraction of sp³-hybridized carbons (Fsp3) is 0.143. The zero-order chi connectivity index (χ0) is 13.0. The van der Waals surface area contributed by atoms with E-state index in [1.165, 1.54) is 0 Å². The maximum atomic E-state index is 10.6. The Hall–Kier alpha value is -2.36. The number of benzene rings is 1. The highest BCUT2D eigenvalue weighted by Crippen LogP contribution is 2.26. The quantitative estimate of drug-likeness (QED) is 0.627. The van der Waals surface area contributed by atoms with E-state index in [9.17, 15) is 4.79 Å². The molecule has 1 aromatic heterocycles. The van der Waals surface area contributed by atoms with Gasteiger partial charge < -0.3 is 10.3 Å². The average Bonchev–Trinajstić information content (AvgIpc) is 2.69. The van der Waals surface area contributed by atoms with Gasteiger partial charge >= 0.3 is 0 Å². The molecule has 0 radical (unpaired) electrons. The number of hydrogen-bond donors (Lipinski definition) is 2. The van der Waals surface area contributed by atoms with Gasteiger partial charge in [-0.1, -0.05) is 18.2 Å². The van der Waals surface area contributed by atoms with Crippen molar-refractivity contribution in [3.8, 4) is 0 Å². The standard InChI is InChI=1S/C14H15N3O/c1-3-7-15-8-13-10(2)11-5-4-6-12(16-9-18)14(11)17-13/h3-9,17H,1-2H3,(H,16,18)/b7-3-,15-8?. The van der Waals surface area contributed by atoms with Crippen LogP contribution >= 0.6 is 0 Å². The molecule has 0 saturated heterocycles. The number of anilines is 1. The number of nitrogens with zero attached hydrogens (tertiary/aromatic N) is 1. The van der Waals surface area contributed by atoms with E-state index in [1.807, 2.05) is 38.1 Å². The van der Waals surface area contributed by atoms with Crippen LogP contribution in [-0.2, 0) is 4.79 Å². The first-order chi connectivity index (χ1) is 8.77. The second kappa shape index (κ2) is 5.31. The van der Waals surface area contributed by atoms with Crippen molar-refractivity contribution >= 4 is 29.2 Å². The van der Waals surface area contributed by atoms with Gasteiger partial charge in [0.15, 0.2) is 0 Å². The molecule has 4 heteroatoms. The van der Waals surface area contributed by atoms with Crippen LogP contribution in [0.25, 0.3) is 10.9 Å². The van der Waals surface area contributed by atoms with E-state index in [0.717, 1.165) is 27.8 Å². The number of fused-ring (bicyclic) bond motifs is 1. The van der Waals surface area contributed by atoms with Crippen molar-refractivity contribution in [3.05, 3.63) is 41.7 Å². The Morgan fingerprint density at radius 2 is 2.22 bits per heavy atom. The van der Waals surface area contributed by atoms with Crippen LogP contribution in [0.1, 0.15) is 18.2 Å². The Morgan fingerprint density at radius 1 is 1.39 bits per heavy atom. The summed E-state index contributed by atoms with van der Waals surface area (Å²) in [5, 5.41) is 3.77. The molecule has 4 nitrogen and oxygen atoms in total. The van der Waals surface area contributed by atoms with Gasteiger partial charge in [-0.3, -0.25) is 9.79 Å². The largest absolute Gasteiger partial charge is 0.352 e. The molecule has 0 aliphatic heterocycles. The summed E-state index contributed by atoms with van der Waals surface area (Å²) in [6, 6.07) is 5.80. The third kappa shape index (κ3) is 2.18. The molecule has 0 unspecified atom stereocenters. The first-order valence-corrected chi connectivity index (χ1v) is 5.73. The molecule has 1 amide bonds. The van der Waals surface area contributed by atoms with Gasteiger partial charge in [0.25, 0.3) is 0 Å². The van der Waals surface area contributed by atoms with Crippen LogP contribution < -0.4 is 5.32 Å². The lowest BCUT2D eigenvalue weighted by Crippen LogP contribution is -1.94. The predicted octanol–water partition coefficient (Wildman–Crippen LogP) is 3.00. The highest BCUT2D eigenvalue weighted by atomic mass is 16.1. The van der Waals surface area contributed by atoms with Crippen LogP contribution in [0, 0.1) is 6.92 Å². The second-order valence-corrected chi connectivity index (χ2v) is 3.91. The molecular weight excluding hydrogens is 226 g/mol. The highest BCUT2D eigenvalue weighted by molar-refractivity contribution is 6.01. The van der Waals surface area contributed by atoms with Gasteiger partial charge in [-0.05, 0) is 25.5 Å². The number of hydrogen-bond acceptors (Lipinski definition) is 2. The number of aliphatic imine (C=N–C) groups is 1. The number of aromatic amines is 1. The summed E-state index contributed by atoms with van der Waals surface area (Å²) < 4.78 is 0. The Kier molecular flexibility index (Phi) is 3.57. The Balaban J connectivity index is 2.54. The number of aryl methyl sites for hydroxylation is 1. The Labute approximate surface area is 105 Å². The number of amides is 1. The van der Waals surface area contributed by atoms with E-state index in [2.05, 4.69) is 15.3 Å². The number of aromatic nitrogens is 1. The van der Waals surface area contributed by atoms with Crippen molar-refractivity contribution in [3.63, 3.8) is 0 Å². The monoisotopic (exact) mass is 241 g/mol. The van der Waals surface area contributed by atoms with Gasteiger partial charge in [-0.2, -0.15) is 0 Å². The van der Waals surface area contributed by atoms with Crippen LogP contribution in [-0.4, -0.2) is 17.6 Å². The summed E-state index contributed by atoms with van der Waals surface area (Å²) in [7, 11) is 0. The van der Waals surface area contributed by atoms with E-state index in [1.54, 1.807) is 12.4 Å². The fourth-order valence-electron chi connectivity index (χ4n) is 1.89. The lowest BCUT2D eigenvalue weighted by molar-refractivity contribution is -0.105. The topological polar surface area (TPSA) is 57.2 Å². The Morgan fingerprint density at radius 3 is 2.94 bits per heavy atom. The van der Waals surface area contributed by atoms with Crippen LogP contribution in [0.4, 0.5) is 5.69 Å². The second-order valence-electron chi connectivity index (χ2n) is 3.91. The summed E-state index contributed by atoms with van der Waals surface area (Å²) in [6.45, 7) is 3.95. The van der Waals surface area contributed by atoms with E-state index in [4.69, 9.17) is 0 Å². The van der Waals surface area contributed by atoms with Gasteiger partial charge in [0.1, 0.15) is 0 Å². The van der Waals surface area contributed by atoms with E-state index in [0.29, 0.717) is 6.41 Å². The molecule has 0 atom stereocenters. The van der Waals surface area contributed by atoms with Gasteiger partial charge in [0.05, 0.1) is 23.1 Å². The average molecular weight is 241 g/mol. The lowest BCUT2D eigenvalue weighted by atomic mass is 10.1. The highest BCUT2D eigenvalue weighted by Gasteiger charge is 2.08. The molecule has 2 rings (SSSR count). The molecule has 18 heavy (non-hydrogen) atoms. The molecule has 2 aromatic rings. The number of carbonyl (C=O) groups is 1. The summed E-state index contributed by atoms with van der Waals surface area (Å²) in [4.78, 5) is 18.0. The number of rotatable bonds is 4. The maximum Gasteiger partial charge on any atom is 0.211 e. The van der Waals surface area contributed by atoms with Gasteiger partial charge in [-0.15, -0.1) is 0 Å². The Bertz CT molecular complexity index is 623. The minimum atomic E-state index is 0.679. The van der Waals surface area contributed by atoms with Crippen LogP contribution in [0.2, 0.25) is 0 Å². The van der Waals surface area contributed by atoms with Gasteiger partial charge in [0, 0.05) is 11.6 Å². The van der Waals surface area contributed by atoms with Crippen LogP contribution in [0.5, 0.6) is 0 Å². The summed E-state index contributed by atoms with van der Waals surface area (Å²) in [5.41, 5.74) is 3.76. The van der Waals surface area contributed by atoms with Crippen molar-refractivity contribution < 1.29 is 4.79 Å². The number of allylic oxidation sites excluding steroid dienone is 1. The zero-order valence-electron chi connectivity index (χ0n) is 10.4. The fourth-order valence-corrected chi connectivity index (χ4v) is 1.89. The van der Waals surface area contributed by atoms with Gasteiger partial charge in [-0.25, -0.2) is 0 Å². The number of H-pyrrole nitrogens is 1. The first-order valence-electron chi connectivity index (χ1n) is 5.73. The summed E-state index contributed by atoms with van der Waals surface area (Å²) >= 11 is 0. The van der Waals surface area contributed by atoms with E-state index < -0.39 is 0 Å². The van der Waals surface area contributed by atoms with Crippen molar-refractivity contribution in [2.24, 2.45) is 4.99 Å². The molecule has 1 heterocycles. The molecule has 0 aliphatic rings. The van der Waals surface area contributed by atoms with Crippen molar-refractivity contribution in [2.45, 2.75) is 13.8 Å². The molecule has 0 fully saturated rings. The first kappa shape index (κ1) is 12.1. The molecule has 92 valence electrons. The van der Waals surface area contributed by atoms with Crippen LogP contribution in [0.15, 0.2) is 35.5 Å². The minimum absolute atomic E-state index is 0.679. The molecule has 0 bridgehead atoms. The molecule has 0 spiro atoms. The lowest BCUT2D eigenvalue weighted by Gasteiger charge is -1.99. The SMILES string of the molecule is C/C=C\N=Cc1[nH]c2c(NC=O)cccc2c1C. The van der Waals surface area contributed by atoms with Crippen LogP contribution in [0.3, 0.4) is 0 Å². The number of carbonyl (C=O) groups excluding carboxylic acids is 1. The van der Waals surface area contributed by atoms with E-state index in [-0.39, 0.29) is 0 Å². The smallest absolute Gasteiger partial charge is 0.211 e. The third-order valence-corrected chi connectivity index (χ3v) is 2.79. The summed E-state index contributed by atoms with van der Waals surface area (Å²) in [5.74, 6) is 0. The molecule has 0 aliphatic carbocycles. The predicted molar refractivity (Wildman–Crippen MR) is 75.1 cm³/mol. The van der Waals surface area contributed by atoms with Crippen molar-refractivity contribution in [1.82, 2.24) is 4.98 Å². The molecule has 0 saturated carbocycles. The zero-order valence-corrected chi connectivity index (χ0v) is 10.4. The minimum Gasteiger partial charge on any atom is -0.352 e. The number of para-hydroxylation sites is 1. The third-order valence-electron chi connectivity index (χ3n) is 2.79. The summed E-state index contributed by atoms with van der Waals surface area (Å²) in [6.07, 6.45) is 6.06. The molecular formula is C14H15N3O. The van der Waals surface area contributed by atoms with Crippen molar-refractivity contribution in [1.29, 1.82) is 0 Å². The van der Waals surface area contributed by atoms with E-state index >= 15 is 0 Å².